The highest BCUT2D eigenvalue weighted by Gasteiger charge is 2.03. The predicted octanol–water partition coefficient (Wildman–Crippen LogP) is 2.51. The quantitative estimate of drug-likeness (QED) is 0.658. The lowest BCUT2D eigenvalue weighted by atomic mass is 10.2. The fourth-order valence-electron chi connectivity index (χ4n) is 0.910. The van der Waals surface area contributed by atoms with Crippen molar-refractivity contribution in [2.24, 2.45) is 0 Å². The first-order chi connectivity index (χ1) is 6.27. The van der Waals surface area contributed by atoms with E-state index in [0.717, 1.165) is 0 Å². The van der Waals surface area contributed by atoms with Crippen LogP contribution in [0.25, 0.3) is 0 Å². The molecule has 0 aliphatic rings. The highest BCUT2D eigenvalue weighted by molar-refractivity contribution is 5.42. The molecule has 0 bridgehead atoms. The molecule has 0 radical (unpaired) electrons. The molecule has 66 valence electrons. The topological polar surface area (TPSA) is 33.0 Å². The minimum absolute atomic E-state index is 0.0745. The summed E-state index contributed by atoms with van der Waals surface area (Å²) >= 11 is 0. The lowest BCUT2D eigenvalue weighted by molar-refractivity contribution is 0.269. The number of nitriles is 1. The average molecular weight is 173 g/mol. The highest BCUT2D eigenvalue weighted by Crippen LogP contribution is 2.17. The third-order valence-electron chi connectivity index (χ3n) is 1.65. The van der Waals surface area contributed by atoms with Crippen molar-refractivity contribution in [2.75, 3.05) is 0 Å². The van der Waals surface area contributed by atoms with Gasteiger partial charge in [-0.1, -0.05) is 24.8 Å². The molecule has 0 aromatic heterocycles. The summed E-state index contributed by atoms with van der Waals surface area (Å²) in [4.78, 5) is 0. The number of ether oxygens (including phenoxy) is 1. The van der Waals surface area contributed by atoms with Gasteiger partial charge in [-0.3, -0.25) is 0 Å². The van der Waals surface area contributed by atoms with Gasteiger partial charge in [0.05, 0.1) is 5.56 Å². The van der Waals surface area contributed by atoms with Gasteiger partial charge in [-0.15, -0.1) is 0 Å². The third kappa shape index (κ3) is 2.34. The SMILES string of the molecule is C=C[C@H](C)Oc1ccccc1C#N. The number of hydrogen-bond acceptors (Lipinski definition) is 2. The van der Waals surface area contributed by atoms with E-state index in [0.29, 0.717) is 11.3 Å². The molecule has 1 rings (SSSR count). The van der Waals surface area contributed by atoms with Crippen LogP contribution in [0, 0.1) is 11.3 Å². The zero-order valence-electron chi connectivity index (χ0n) is 7.53. The van der Waals surface area contributed by atoms with Gasteiger partial charge < -0.3 is 4.74 Å². The van der Waals surface area contributed by atoms with Gasteiger partial charge in [0.2, 0.25) is 0 Å². The lowest BCUT2D eigenvalue weighted by Gasteiger charge is -2.10. The molecular weight excluding hydrogens is 162 g/mol. The zero-order valence-corrected chi connectivity index (χ0v) is 7.53. The average Bonchev–Trinajstić information content (AvgIpc) is 2.18. The van der Waals surface area contributed by atoms with Crippen LogP contribution in [0.4, 0.5) is 0 Å². The minimum atomic E-state index is -0.0745. The van der Waals surface area contributed by atoms with E-state index in [1.54, 1.807) is 18.2 Å². The van der Waals surface area contributed by atoms with Gasteiger partial charge in [0, 0.05) is 0 Å². The van der Waals surface area contributed by atoms with Crippen LogP contribution in [0.15, 0.2) is 36.9 Å². The largest absolute Gasteiger partial charge is 0.485 e. The van der Waals surface area contributed by atoms with Gasteiger partial charge in [0.25, 0.3) is 0 Å². The molecule has 2 heteroatoms. The second-order valence-electron chi connectivity index (χ2n) is 2.67. The van der Waals surface area contributed by atoms with E-state index >= 15 is 0 Å². The van der Waals surface area contributed by atoms with Crippen molar-refractivity contribution in [3.8, 4) is 11.8 Å². The van der Waals surface area contributed by atoms with Crippen LogP contribution in [-0.4, -0.2) is 6.10 Å². The molecule has 1 aromatic carbocycles. The zero-order chi connectivity index (χ0) is 9.68. The molecule has 0 fully saturated rings. The molecule has 0 unspecified atom stereocenters. The van der Waals surface area contributed by atoms with Crippen LogP contribution in [0.5, 0.6) is 5.75 Å². The van der Waals surface area contributed by atoms with Crippen molar-refractivity contribution >= 4 is 0 Å². The summed E-state index contributed by atoms with van der Waals surface area (Å²) in [5.41, 5.74) is 0.552. The summed E-state index contributed by atoms with van der Waals surface area (Å²) < 4.78 is 5.44. The van der Waals surface area contributed by atoms with Crippen LogP contribution < -0.4 is 4.74 Å². The van der Waals surface area contributed by atoms with Crippen molar-refractivity contribution in [2.45, 2.75) is 13.0 Å². The molecule has 1 aromatic rings. The summed E-state index contributed by atoms with van der Waals surface area (Å²) in [5.74, 6) is 0.609. The maximum absolute atomic E-state index is 8.75. The Morgan fingerprint density at radius 2 is 2.23 bits per heavy atom. The minimum Gasteiger partial charge on any atom is -0.485 e. The van der Waals surface area contributed by atoms with E-state index in [1.807, 2.05) is 19.1 Å². The normalized spacial score (nSPS) is 11.4. The van der Waals surface area contributed by atoms with Gasteiger partial charge in [-0.05, 0) is 19.1 Å². The van der Waals surface area contributed by atoms with Gasteiger partial charge in [-0.25, -0.2) is 0 Å². The molecule has 0 spiro atoms. The number of benzene rings is 1. The second kappa shape index (κ2) is 4.32. The molecule has 0 saturated heterocycles. The molecule has 0 saturated carbocycles. The number of para-hydroxylation sites is 1. The summed E-state index contributed by atoms with van der Waals surface area (Å²) in [6.45, 7) is 5.48. The number of hydrogen-bond donors (Lipinski definition) is 0. The predicted molar refractivity (Wildman–Crippen MR) is 51.4 cm³/mol. The van der Waals surface area contributed by atoms with E-state index in [1.165, 1.54) is 0 Å². The maximum Gasteiger partial charge on any atom is 0.137 e. The fraction of sp³-hybridized carbons (Fsp3) is 0.182. The first kappa shape index (κ1) is 9.34. The van der Waals surface area contributed by atoms with Crippen molar-refractivity contribution in [1.29, 1.82) is 5.26 Å². The third-order valence-corrected chi connectivity index (χ3v) is 1.65. The van der Waals surface area contributed by atoms with Crippen molar-refractivity contribution < 1.29 is 4.74 Å². The summed E-state index contributed by atoms with van der Waals surface area (Å²) in [6, 6.07) is 9.22. The van der Waals surface area contributed by atoms with Gasteiger partial charge in [0.1, 0.15) is 17.9 Å². The van der Waals surface area contributed by atoms with Gasteiger partial charge >= 0.3 is 0 Å². The molecule has 0 heterocycles. The number of rotatable bonds is 3. The highest BCUT2D eigenvalue weighted by atomic mass is 16.5. The second-order valence-corrected chi connectivity index (χ2v) is 2.67. The Bertz CT molecular complexity index is 338. The van der Waals surface area contributed by atoms with Gasteiger partial charge in [0.15, 0.2) is 0 Å². The Morgan fingerprint density at radius 3 is 2.85 bits per heavy atom. The molecule has 0 amide bonds. The first-order valence-electron chi connectivity index (χ1n) is 4.06. The van der Waals surface area contributed by atoms with E-state index in [2.05, 4.69) is 12.6 Å². The Hall–Kier alpha value is -1.75. The number of nitrogens with zero attached hydrogens (tertiary/aromatic N) is 1. The van der Waals surface area contributed by atoms with Crippen LogP contribution in [0.1, 0.15) is 12.5 Å². The Balaban J connectivity index is 2.88. The first-order valence-corrected chi connectivity index (χ1v) is 4.06. The summed E-state index contributed by atoms with van der Waals surface area (Å²) in [7, 11) is 0. The van der Waals surface area contributed by atoms with Gasteiger partial charge in [-0.2, -0.15) is 5.26 Å². The molecule has 0 N–H and O–H groups in total. The molecular formula is C11H11NO. The Kier molecular flexibility index (Phi) is 3.10. The fourth-order valence-corrected chi connectivity index (χ4v) is 0.910. The Morgan fingerprint density at radius 1 is 1.54 bits per heavy atom. The monoisotopic (exact) mass is 173 g/mol. The van der Waals surface area contributed by atoms with Crippen LogP contribution >= 0.6 is 0 Å². The summed E-state index contributed by atoms with van der Waals surface area (Å²) in [6.07, 6.45) is 1.61. The van der Waals surface area contributed by atoms with Crippen LogP contribution in [0.2, 0.25) is 0 Å². The standard InChI is InChI=1S/C11H11NO/c1-3-9(2)13-11-7-5-4-6-10(11)8-12/h3-7,9H,1H2,2H3/t9-/m0/s1. The molecule has 13 heavy (non-hydrogen) atoms. The summed E-state index contributed by atoms with van der Waals surface area (Å²) in [5, 5.41) is 8.75. The maximum atomic E-state index is 8.75. The van der Waals surface area contributed by atoms with E-state index in [-0.39, 0.29) is 6.10 Å². The molecule has 1 atom stereocenters. The van der Waals surface area contributed by atoms with E-state index in [9.17, 15) is 0 Å². The molecule has 0 aliphatic heterocycles. The Labute approximate surface area is 78.1 Å². The van der Waals surface area contributed by atoms with Crippen molar-refractivity contribution in [1.82, 2.24) is 0 Å². The lowest BCUT2D eigenvalue weighted by Crippen LogP contribution is -2.08. The van der Waals surface area contributed by atoms with Crippen LogP contribution in [-0.2, 0) is 0 Å². The van der Waals surface area contributed by atoms with E-state index in [4.69, 9.17) is 10.00 Å². The van der Waals surface area contributed by atoms with Crippen molar-refractivity contribution in [3.05, 3.63) is 42.5 Å². The smallest absolute Gasteiger partial charge is 0.137 e. The van der Waals surface area contributed by atoms with Crippen molar-refractivity contribution in [3.63, 3.8) is 0 Å². The van der Waals surface area contributed by atoms with Crippen LogP contribution in [0.3, 0.4) is 0 Å². The molecule has 2 nitrogen and oxygen atoms in total. The molecule has 0 aliphatic carbocycles. The van der Waals surface area contributed by atoms with E-state index < -0.39 is 0 Å².